The predicted molar refractivity (Wildman–Crippen MR) is 190 cm³/mol. The molecule has 0 bridgehead atoms. The van der Waals surface area contributed by atoms with Gasteiger partial charge in [0.15, 0.2) is 0 Å². The van der Waals surface area contributed by atoms with E-state index in [4.69, 9.17) is 15.4 Å². The SMILES string of the molecule is [2H]c1c([2H])c([2H])c(-c2cccc3c2oc2c(-c4c5ccccc5c(-c5c([2H])c([2H])c([2H])c(-c6ccccc6)c5[2H])c5ccccc45)cccc23)c([2H])c1[2H]. The molecule has 1 nitrogen and oxygen atoms in total. The zero-order valence-corrected chi connectivity index (χ0v) is 23.9. The van der Waals surface area contributed by atoms with Crippen molar-refractivity contribution in [2.45, 2.75) is 0 Å². The first-order valence-electron chi connectivity index (χ1n) is 19.2. The minimum atomic E-state index is -0.462. The molecule has 1 heterocycles. The molecule has 0 aliphatic carbocycles. The molecule has 0 atom stereocenters. The van der Waals surface area contributed by atoms with Crippen molar-refractivity contribution >= 4 is 43.5 Å². The largest absolute Gasteiger partial charge is 0.455 e. The molecule has 0 saturated carbocycles. The number of fused-ring (bicyclic) bond motifs is 5. The summed E-state index contributed by atoms with van der Waals surface area (Å²) in [5, 5.41) is 4.69. The second-order valence-electron chi connectivity index (χ2n) is 10.9. The summed E-state index contributed by atoms with van der Waals surface area (Å²) in [5.41, 5.74) is 4.85. The molecule has 0 fully saturated rings. The van der Waals surface area contributed by atoms with Crippen molar-refractivity contribution in [1.82, 2.24) is 0 Å². The van der Waals surface area contributed by atoms with Gasteiger partial charge in [-0.1, -0.05) is 164 Å². The summed E-state index contributed by atoms with van der Waals surface area (Å²) in [6.45, 7) is 0. The lowest BCUT2D eigenvalue weighted by atomic mass is 9.85. The van der Waals surface area contributed by atoms with E-state index >= 15 is 0 Å². The van der Waals surface area contributed by atoms with Crippen LogP contribution in [0.15, 0.2) is 174 Å². The summed E-state index contributed by atoms with van der Waals surface area (Å²) in [4.78, 5) is 0. The Morgan fingerprint density at radius 1 is 0.356 bits per heavy atom. The molecule has 1 aromatic heterocycles. The van der Waals surface area contributed by atoms with Crippen LogP contribution in [0.5, 0.6) is 0 Å². The normalized spacial score (nSPS) is 14.4. The van der Waals surface area contributed by atoms with Gasteiger partial charge in [-0.3, -0.25) is 0 Å². The fourth-order valence-electron chi connectivity index (χ4n) is 6.50. The van der Waals surface area contributed by atoms with Crippen molar-refractivity contribution < 1.29 is 16.8 Å². The molecule has 1 heteroatoms. The number of para-hydroxylation sites is 2. The molecule has 8 aromatic carbocycles. The van der Waals surface area contributed by atoms with Gasteiger partial charge in [-0.25, -0.2) is 0 Å². The average Bonchev–Trinajstić information content (AvgIpc) is 3.59. The molecule has 0 radical (unpaired) electrons. The predicted octanol–water partition coefficient (Wildman–Crippen LogP) is 12.6. The van der Waals surface area contributed by atoms with Gasteiger partial charge in [-0.2, -0.15) is 0 Å². The van der Waals surface area contributed by atoms with E-state index in [1.165, 1.54) is 0 Å². The van der Waals surface area contributed by atoms with Crippen molar-refractivity contribution in [1.29, 1.82) is 0 Å². The molecular weight excluding hydrogens is 544 g/mol. The maximum Gasteiger partial charge on any atom is 0.143 e. The van der Waals surface area contributed by atoms with E-state index in [-0.39, 0.29) is 47.4 Å². The van der Waals surface area contributed by atoms with E-state index in [9.17, 15) is 1.37 Å². The van der Waals surface area contributed by atoms with Crippen LogP contribution in [0.4, 0.5) is 0 Å². The summed E-state index contributed by atoms with van der Waals surface area (Å²) < 4.78 is 85.2. The van der Waals surface area contributed by atoms with E-state index in [0.29, 0.717) is 33.4 Å². The minimum Gasteiger partial charge on any atom is -0.455 e. The van der Waals surface area contributed by atoms with Gasteiger partial charge < -0.3 is 4.42 Å². The average molecular weight is 582 g/mol. The van der Waals surface area contributed by atoms with Gasteiger partial charge in [0, 0.05) is 27.5 Å². The lowest BCUT2D eigenvalue weighted by Gasteiger charge is -2.18. The molecule has 9 aromatic rings. The van der Waals surface area contributed by atoms with Crippen LogP contribution < -0.4 is 0 Å². The topological polar surface area (TPSA) is 13.1 Å². The molecular formula is C44H28O. The second-order valence-corrected chi connectivity index (χ2v) is 10.9. The Labute approximate surface area is 274 Å². The van der Waals surface area contributed by atoms with Crippen molar-refractivity contribution in [3.05, 3.63) is 170 Å². The Morgan fingerprint density at radius 2 is 0.867 bits per heavy atom. The van der Waals surface area contributed by atoms with Gasteiger partial charge >= 0.3 is 0 Å². The maximum atomic E-state index is 9.50. The van der Waals surface area contributed by atoms with Crippen molar-refractivity contribution in [3.8, 4) is 44.5 Å². The minimum absolute atomic E-state index is 0.00909. The molecule has 0 unspecified atom stereocenters. The molecule has 0 aliphatic rings. The molecule has 9 rings (SSSR count). The molecule has 0 aliphatic heterocycles. The van der Waals surface area contributed by atoms with E-state index in [2.05, 4.69) is 0 Å². The van der Waals surface area contributed by atoms with Gasteiger partial charge in [0.2, 0.25) is 0 Å². The Balaban J connectivity index is 1.38. The number of hydrogen-bond donors (Lipinski definition) is 0. The number of furan rings is 1. The second kappa shape index (κ2) is 10.4. The fourth-order valence-corrected chi connectivity index (χ4v) is 6.50. The third-order valence-corrected chi connectivity index (χ3v) is 8.43. The molecule has 0 N–H and O–H groups in total. The van der Waals surface area contributed by atoms with Gasteiger partial charge in [-0.05, 0) is 55.4 Å². The zero-order valence-electron chi connectivity index (χ0n) is 32.9. The summed E-state index contributed by atoms with van der Waals surface area (Å²) in [6, 6.07) is 33.5. The first-order chi connectivity index (χ1) is 26.1. The summed E-state index contributed by atoms with van der Waals surface area (Å²) in [6.07, 6.45) is 0. The molecule has 210 valence electrons. The summed E-state index contributed by atoms with van der Waals surface area (Å²) in [5.74, 6) is 0. The lowest BCUT2D eigenvalue weighted by Crippen LogP contribution is -1.91. The van der Waals surface area contributed by atoms with Gasteiger partial charge in [0.25, 0.3) is 0 Å². The molecule has 0 spiro atoms. The Bertz CT molecular complexity index is 2960. The number of rotatable bonds is 4. The van der Waals surface area contributed by atoms with E-state index in [1.54, 1.807) is 12.1 Å². The van der Waals surface area contributed by atoms with Crippen LogP contribution in [0.1, 0.15) is 12.3 Å². The van der Waals surface area contributed by atoms with Crippen molar-refractivity contribution in [2.75, 3.05) is 0 Å². The third-order valence-electron chi connectivity index (χ3n) is 8.43. The molecule has 0 amide bonds. The van der Waals surface area contributed by atoms with Crippen LogP contribution in [-0.4, -0.2) is 0 Å². The van der Waals surface area contributed by atoms with Crippen molar-refractivity contribution in [3.63, 3.8) is 0 Å². The van der Waals surface area contributed by atoms with Crippen molar-refractivity contribution in [2.24, 2.45) is 0 Å². The van der Waals surface area contributed by atoms with Crippen LogP contribution in [0.25, 0.3) is 88.0 Å². The smallest absolute Gasteiger partial charge is 0.143 e. The standard InChI is InChI=1S/C44H28O/c1-3-14-29(15-4-1)31-18-11-19-32(28-31)41-34-20-7-9-22-36(34)42(37-23-10-8-21-35(37)41)40-27-13-26-39-38-25-12-24-33(43(38)45-44(39)40)30-16-5-2-6-17-30/h1-28H/i2D,5D,6D,11D,16D,17D,18D,19D,28D. The highest BCUT2D eigenvalue weighted by Gasteiger charge is 2.21. The van der Waals surface area contributed by atoms with Crippen LogP contribution in [0.2, 0.25) is 0 Å². The Morgan fingerprint density at radius 3 is 1.53 bits per heavy atom. The van der Waals surface area contributed by atoms with Gasteiger partial charge in [-0.15, -0.1) is 0 Å². The molecule has 45 heavy (non-hydrogen) atoms. The Hall–Kier alpha value is -5.92. The van der Waals surface area contributed by atoms with E-state index in [1.807, 2.05) is 103 Å². The fraction of sp³-hybridized carbons (Fsp3) is 0. The third kappa shape index (κ3) is 4.09. The highest BCUT2D eigenvalue weighted by Crippen LogP contribution is 2.47. The number of hydrogen-bond acceptors (Lipinski definition) is 1. The highest BCUT2D eigenvalue weighted by atomic mass is 16.3. The maximum absolute atomic E-state index is 9.50. The first-order valence-corrected chi connectivity index (χ1v) is 14.7. The van der Waals surface area contributed by atoms with Crippen LogP contribution >= 0.6 is 0 Å². The van der Waals surface area contributed by atoms with Gasteiger partial charge in [0.1, 0.15) is 11.2 Å². The molecule has 0 saturated heterocycles. The van der Waals surface area contributed by atoms with E-state index < -0.39 is 18.1 Å². The van der Waals surface area contributed by atoms with Crippen LogP contribution in [-0.2, 0) is 0 Å². The van der Waals surface area contributed by atoms with E-state index in [0.717, 1.165) is 43.4 Å². The quantitative estimate of drug-likeness (QED) is 0.188. The first kappa shape index (κ1) is 18.0. The van der Waals surface area contributed by atoms with Crippen LogP contribution in [0.3, 0.4) is 0 Å². The van der Waals surface area contributed by atoms with Crippen LogP contribution in [0, 0.1) is 0 Å². The summed E-state index contributed by atoms with van der Waals surface area (Å²) in [7, 11) is 0. The number of benzene rings is 8. The highest BCUT2D eigenvalue weighted by molar-refractivity contribution is 6.24. The lowest BCUT2D eigenvalue weighted by molar-refractivity contribution is 0.671. The zero-order chi connectivity index (χ0) is 37.6. The summed E-state index contributed by atoms with van der Waals surface area (Å²) >= 11 is 0. The Kier molecular flexibility index (Phi) is 4.15. The van der Waals surface area contributed by atoms with Gasteiger partial charge in [0.05, 0.1) is 12.3 Å². The monoisotopic (exact) mass is 581 g/mol.